The Hall–Kier alpha value is -2.34. The number of hydrogen-bond acceptors (Lipinski definition) is 3. The van der Waals surface area contributed by atoms with Gasteiger partial charge in [-0.05, 0) is 36.2 Å². The number of amides is 1. The van der Waals surface area contributed by atoms with Gasteiger partial charge < -0.3 is 4.90 Å². The predicted molar refractivity (Wildman–Crippen MR) is 97.9 cm³/mol. The Morgan fingerprint density at radius 1 is 0.917 bits per heavy atom. The first-order chi connectivity index (χ1) is 11.3. The van der Waals surface area contributed by atoms with E-state index in [4.69, 9.17) is 0 Å². The summed E-state index contributed by atoms with van der Waals surface area (Å²) < 4.78 is 26.3. The van der Waals surface area contributed by atoms with Crippen LogP contribution >= 0.6 is 0 Å². The van der Waals surface area contributed by atoms with Crippen LogP contribution in [0.25, 0.3) is 0 Å². The Morgan fingerprint density at radius 2 is 1.46 bits per heavy atom. The normalized spacial score (nSPS) is 11.1. The van der Waals surface area contributed by atoms with Crippen LogP contribution in [-0.2, 0) is 21.2 Å². The molecule has 0 spiro atoms. The van der Waals surface area contributed by atoms with Crippen molar-refractivity contribution in [3.05, 3.63) is 60.2 Å². The fraction of sp³-hybridized carbons (Fsp3) is 0.278. The van der Waals surface area contributed by atoms with E-state index >= 15 is 0 Å². The van der Waals surface area contributed by atoms with Crippen molar-refractivity contribution in [2.45, 2.75) is 13.3 Å². The van der Waals surface area contributed by atoms with Gasteiger partial charge in [-0.1, -0.05) is 30.3 Å². The molecule has 0 aromatic heterocycles. The van der Waals surface area contributed by atoms with Gasteiger partial charge in [0.05, 0.1) is 11.4 Å². The number of anilines is 2. The van der Waals surface area contributed by atoms with Gasteiger partial charge >= 0.3 is 0 Å². The molecule has 0 aliphatic heterocycles. The molecule has 5 nitrogen and oxygen atoms in total. The standard InChI is InChI=1S/C18H22N2O3S/c1-15(21)19(2)17-9-11-18(12-10-17)20(3)24(22,23)14-13-16-7-5-4-6-8-16/h4-12H,13-14H2,1-3H3. The highest BCUT2D eigenvalue weighted by molar-refractivity contribution is 7.92. The molecule has 0 N–H and O–H groups in total. The molecule has 0 heterocycles. The van der Waals surface area contributed by atoms with Gasteiger partial charge in [0.25, 0.3) is 0 Å². The van der Waals surface area contributed by atoms with Crippen molar-refractivity contribution in [3.63, 3.8) is 0 Å². The largest absolute Gasteiger partial charge is 0.316 e. The van der Waals surface area contributed by atoms with E-state index in [9.17, 15) is 13.2 Å². The highest BCUT2D eigenvalue weighted by atomic mass is 32.2. The van der Waals surface area contributed by atoms with E-state index in [-0.39, 0.29) is 11.7 Å². The Bertz CT molecular complexity index is 787. The lowest BCUT2D eigenvalue weighted by molar-refractivity contribution is -0.116. The second-order valence-electron chi connectivity index (χ2n) is 5.61. The summed E-state index contributed by atoms with van der Waals surface area (Å²) in [4.78, 5) is 12.9. The molecule has 0 saturated heterocycles. The smallest absolute Gasteiger partial charge is 0.235 e. The molecule has 6 heteroatoms. The van der Waals surface area contributed by atoms with Crippen molar-refractivity contribution in [2.24, 2.45) is 0 Å². The first-order valence-electron chi connectivity index (χ1n) is 7.66. The highest BCUT2D eigenvalue weighted by Crippen LogP contribution is 2.22. The SMILES string of the molecule is CC(=O)N(C)c1ccc(N(C)S(=O)(=O)CCc2ccccc2)cc1. The highest BCUT2D eigenvalue weighted by Gasteiger charge is 2.18. The molecular formula is C18H22N2O3S. The maximum absolute atomic E-state index is 12.5. The first kappa shape index (κ1) is 18.0. The third-order valence-corrected chi connectivity index (χ3v) is 5.75. The van der Waals surface area contributed by atoms with Crippen molar-refractivity contribution >= 4 is 27.3 Å². The molecule has 2 aromatic rings. The molecule has 0 bridgehead atoms. The molecule has 0 atom stereocenters. The van der Waals surface area contributed by atoms with Gasteiger partial charge in [0.1, 0.15) is 0 Å². The predicted octanol–water partition coefficient (Wildman–Crippen LogP) is 2.68. The summed E-state index contributed by atoms with van der Waals surface area (Å²) in [7, 11) is -0.184. The number of carbonyl (C=O) groups is 1. The molecule has 0 radical (unpaired) electrons. The number of benzene rings is 2. The molecule has 0 fully saturated rings. The summed E-state index contributed by atoms with van der Waals surface area (Å²) in [6.45, 7) is 1.48. The van der Waals surface area contributed by atoms with Gasteiger partial charge in [-0.3, -0.25) is 9.10 Å². The molecule has 1 amide bonds. The molecule has 2 rings (SSSR count). The third-order valence-electron chi connectivity index (χ3n) is 3.98. The van der Waals surface area contributed by atoms with Gasteiger partial charge in [-0.15, -0.1) is 0 Å². The number of carbonyl (C=O) groups excluding carboxylic acids is 1. The van der Waals surface area contributed by atoms with Crippen molar-refractivity contribution in [3.8, 4) is 0 Å². The minimum absolute atomic E-state index is 0.0443. The molecule has 0 aliphatic carbocycles. The third kappa shape index (κ3) is 4.35. The summed E-state index contributed by atoms with van der Waals surface area (Å²) in [6, 6.07) is 16.4. The second kappa shape index (κ2) is 7.49. The number of sulfonamides is 1. The minimum atomic E-state index is -3.41. The summed E-state index contributed by atoms with van der Waals surface area (Å²) >= 11 is 0. The number of nitrogens with zero attached hydrogens (tertiary/aromatic N) is 2. The lowest BCUT2D eigenvalue weighted by Gasteiger charge is -2.21. The lowest BCUT2D eigenvalue weighted by Crippen LogP contribution is -2.30. The topological polar surface area (TPSA) is 57.7 Å². The number of rotatable bonds is 6. The summed E-state index contributed by atoms with van der Waals surface area (Å²) in [5.74, 6) is -0.0330. The van der Waals surface area contributed by atoms with E-state index in [1.54, 1.807) is 38.4 Å². The molecule has 0 aliphatic rings. The Morgan fingerprint density at radius 3 is 2.00 bits per heavy atom. The number of hydrogen-bond donors (Lipinski definition) is 0. The van der Waals surface area contributed by atoms with Crippen LogP contribution in [0.3, 0.4) is 0 Å². The van der Waals surface area contributed by atoms with Gasteiger partial charge in [0.15, 0.2) is 0 Å². The van der Waals surface area contributed by atoms with Crippen LogP contribution in [0.4, 0.5) is 11.4 Å². The molecule has 0 unspecified atom stereocenters. The van der Waals surface area contributed by atoms with Crippen LogP contribution in [0.1, 0.15) is 12.5 Å². The summed E-state index contributed by atoms with van der Waals surface area (Å²) in [5, 5.41) is 0. The van der Waals surface area contributed by atoms with Crippen molar-refractivity contribution in [1.29, 1.82) is 0 Å². The van der Waals surface area contributed by atoms with Gasteiger partial charge in [-0.2, -0.15) is 0 Å². The second-order valence-corrected chi connectivity index (χ2v) is 7.73. The molecule has 2 aromatic carbocycles. The zero-order chi connectivity index (χ0) is 17.7. The fourth-order valence-electron chi connectivity index (χ4n) is 2.26. The van der Waals surface area contributed by atoms with Gasteiger partial charge in [0.2, 0.25) is 15.9 Å². The maximum Gasteiger partial charge on any atom is 0.235 e. The number of aryl methyl sites for hydroxylation is 1. The van der Waals surface area contributed by atoms with E-state index in [2.05, 4.69) is 0 Å². The van der Waals surface area contributed by atoms with Gasteiger partial charge in [0, 0.05) is 26.7 Å². The maximum atomic E-state index is 12.5. The van der Waals surface area contributed by atoms with Crippen LogP contribution in [0.15, 0.2) is 54.6 Å². The molecular weight excluding hydrogens is 324 g/mol. The molecule has 0 saturated carbocycles. The average Bonchev–Trinajstić information content (AvgIpc) is 2.59. The van der Waals surface area contributed by atoms with Gasteiger partial charge in [-0.25, -0.2) is 8.42 Å². The van der Waals surface area contributed by atoms with Crippen molar-refractivity contribution in [2.75, 3.05) is 29.1 Å². The van der Waals surface area contributed by atoms with Crippen LogP contribution < -0.4 is 9.21 Å². The Labute approximate surface area is 143 Å². The van der Waals surface area contributed by atoms with Crippen LogP contribution in [0.2, 0.25) is 0 Å². The quantitative estimate of drug-likeness (QED) is 0.808. The monoisotopic (exact) mass is 346 g/mol. The Kier molecular flexibility index (Phi) is 5.62. The van der Waals surface area contributed by atoms with E-state index in [0.717, 1.165) is 11.3 Å². The molecule has 24 heavy (non-hydrogen) atoms. The van der Waals surface area contributed by atoms with Crippen molar-refractivity contribution < 1.29 is 13.2 Å². The summed E-state index contributed by atoms with van der Waals surface area (Å²) in [6.07, 6.45) is 0.471. The fourth-order valence-corrected chi connectivity index (χ4v) is 3.47. The van der Waals surface area contributed by atoms with E-state index in [1.165, 1.54) is 16.1 Å². The van der Waals surface area contributed by atoms with E-state index in [1.807, 2.05) is 30.3 Å². The Balaban J connectivity index is 2.09. The first-order valence-corrected chi connectivity index (χ1v) is 9.27. The van der Waals surface area contributed by atoms with Crippen molar-refractivity contribution in [1.82, 2.24) is 0 Å². The zero-order valence-corrected chi connectivity index (χ0v) is 15.0. The summed E-state index contributed by atoms with van der Waals surface area (Å²) in [5.41, 5.74) is 2.29. The lowest BCUT2D eigenvalue weighted by atomic mass is 10.2. The zero-order valence-electron chi connectivity index (χ0n) is 14.1. The minimum Gasteiger partial charge on any atom is -0.316 e. The van der Waals surface area contributed by atoms with E-state index in [0.29, 0.717) is 12.1 Å². The van der Waals surface area contributed by atoms with E-state index < -0.39 is 10.0 Å². The average molecular weight is 346 g/mol. The van der Waals surface area contributed by atoms with Crippen LogP contribution in [0, 0.1) is 0 Å². The van der Waals surface area contributed by atoms with Crippen LogP contribution in [-0.4, -0.2) is 34.2 Å². The molecule has 128 valence electrons. The van der Waals surface area contributed by atoms with Crippen LogP contribution in [0.5, 0.6) is 0 Å².